The van der Waals surface area contributed by atoms with Crippen LogP contribution >= 0.6 is 0 Å². The molecule has 23 heavy (non-hydrogen) atoms. The fourth-order valence-electron chi connectivity index (χ4n) is 3.01. The molecular weight excluding hydrogens is 288 g/mol. The van der Waals surface area contributed by atoms with Crippen LogP contribution in [0.15, 0.2) is 24.3 Å². The number of hydrogen-bond acceptors (Lipinski definition) is 2. The number of benzene rings is 1. The van der Waals surface area contributed by atoms with Gasteiger partial charge >= 0.3 is 0 Å². The lowest BCUT2D eigenvalue weighted by Gasteiger charge is -2.32. The van der Waals surface area contributed by atoms with E-state index in [1.807, 2.05) is 31.2 Å². The van der Waals surface area contributed by atoms with E-state index < -0.39 is 0 Å². The predicted molar refractivity (Wildman–Crippen MR) is 94.5 cm³/mol. The lowest BCUT2D eigenvalue weighted by Crippen LogP contribution is -2.44. The molecular formula is C19H30N2O2. The molecule has 0 aliphatic rings. The van der Waals surface area contributed by atoms with Crippen LogP contribution in [0.3, 0.4) is 0 Å². The van der Waals surface area contributed by atoms with E-state index in [2.05, 4.69) is 24.5 Å². The monoisotopic (exact) mass is 318 g/mol. The van der Waals surface area contributed by atoms with Crippen molar-refractivity contribution in [1.29, 1.82) is 0 Å². The van der Waals surface area contributed by atoms with E-state index in [4.69, 9.17) is 0 Å². The Bertz CT molecular complexity index is 502. The molecule has 1 rings (SSSR count). The predicted octanol–water partition coefficient (Wildman–Crippen LogP) is 3.59. The first-order chi connectivity index (χ1) is 11.1. The summed E-state index contributed by atoms with van der Waals surface area (Å²) in [5.41, 5.74) is 1.71. The van der Waals surface area contributed by atoms with Gasteiger partial charge in [-0.2, -0.15) is 0 Å². The average molecular weight is 318 g/mol. The molecule has 0 aliphatic heterocycles. The highest BCUT2D eigenvalue weighted by atomic mass is 16.1. The smallest absolute Gasteiger partial charge is 0.251 e. The third kappa shape index (κ3) is 6.43. The number of nitrogens with one attached hydrogen (secondary N) is 2. The number of aryl methyl sites for hydroxylation is 1. The Kier molecular flexibility index (Phi) is 8.38. The van der Waals surface area contributed by atoms with Crippen LogP contribution in [0, 0.1) is 6.92 Å². The van der Waals surface area contributed by atoms with Crippen LogP contribution in [0.5, 0.6) is 0 Å². The van der Waals surface area contributed by atoms with E-state index in [0.717, 1.165) is 50.5 Å². The molecule has 0 fully saturated rings. The van der Waals surface area contributed by atoms with E-state index >= 15 is 0 Å². The summed E-state index contributed by atoms with van der Waals surface area (Å²) in [6.45, 7) is 6.90. The molecule has 1 aromatic carbocycles. The first kappa shape index (κ1) is 19.2. The Morgan fingerprint density at radius 1 is 1.22 bits per heavy atom. The van der Waals surface area contributed by atoms with Gasteiger partial charge in [-0.15, -0.1) is 0 Å². The van der Waals surface area contributed by atoms with Gasteiger partial charge in [-0.05, 0) is 51.2 Å². The molecule has 0 aromatic heterocycles. The zero-order chi connectivity index (χ0) is 17.1. The zero-order valence-electron chi connectivity index (χ0n) is 14.7. The topological polar surface area (TPSA) is 58.2 Å². The molecule has 1 aromatic rings. The fourth-order valence-corrected chi connectivity index (χ4v) is 3.01. The van der Waals surface area contributed by atoms with E-state index in [1.165, 1.54) is 0 Å². The molecule has 0 saturated carbocycles. The van der Waals surface area contributed by atoms with Crippen molar-refractivity contribution in [3.05, 3.63) is 35.4 Å². The SMILES string of the molecule is CCCC(CC)(CCCCNC(=O)c1cccc(C)c1)NC=O. The summed E-state index contributed by atoms with van der Waals surface area (Å²) in [6.07, 6.45) is 6.67. The zero-order valence-corrected chi connectivity index (χ0v) is 14.7. The molecule has 0 aliphatic carbocycles. The van der Waals surface area contributed by atoms with Gasteiger partial charge in [0.15, 0.2) is 0 Å². The Hall–Kier alpha value is -1.84. The molecule has 128 valence electrons. The molecule has 4 nitrogen and oxygen atoms in total. The van der Waals surface area contributed by atoms with Crippen molar-refractivity contribution >= 4 is 12.3 Å². The molecule has 1 atom stereocenters. The van der Waals surface area contributed by atoms with Crippen LogP contribution in [0.4, 0.5) is 0 Å². The van der Waals surface area contributed by atoms with Crippen molar-refractivity contribution in [3.8, 4) is 0 Å². The molecule has 1 unspecified atom stereocenters. The van der Waals surface area contributed by atoms with Crippen LogP contribution in [-0.2, 0) is 4.79 Å². The molecule has 4 heteroatoms. The van der Waals surface area contributed by atoms with Crippen molar-refractivity contribution in [2.24, 2.45) is 0 Å². The van der Waals surface area contributed by atoms with Crippen molar-refractivity contribution in [2.45, 2.75) is 64.8 Å². The number of carbonyl (C=O) groups excluding carboxylic acids is 2. The molecule has 0 radical (unpaired) electrons. The third-order valence-corrected chi connectivity index (χ3v) is 4.42. The Balaban J connectivity index is 2.36. The summed E-state index contributed by atoms with van der Waals surface area (Å²) < 4.78 is 0. The van der Waals surface area contributed by atoms with E-state index in [9.17, 15) is 9.59 Å². The Morgan fingerprint density at radius 2 is 2.00 bits per heavy atom. The van der Waals surface area contributed by atoms with Gasteiger partial charge in [0.1, 0.15) is 0 Å². The first-order valence-corrected chi connectivity index (χ1v) is 8.63. The van der Waals surface area contributed by atoms with Crippen LogP contribution in [0.25, 0.3) is 0 Å². The minimum atomic E-state index is -0.0863. The van der Waals surface area contributed by atoms with Crippen molar-refractivity contribution in [2.75, 3.05) is 6.54 Å². The van der Waals surface area contributed by atoms with E-state index in [0.29, 0.717) is 12.1 Å². The standard InChI is InChI=1S/C19H30N2O2/c1-4-11-19(5-2,21-15-22)12-6-7-13-20-18(23)17-10-8-9-16(3)14-17/h8-10,14-15H,4-7,11-13H2,1-3H3,(H,20,23)(H,21,22). The molecule has 0 bridgehead atoms. The van der Waals surface area contributed by atoms with E-state index in [-0.39, 0.29) is 11.4 Å². The van der Waals surface area contributed by atoms with Crippen molar-refractivity contribution in [3.63, 3.8) is 0 Å². The Morgan fingerprint density at radius 3 is 2.61 bits per heavy atom. The lowest BCUT2D eigenvalue weighted by molar-refractivity contribution is -0.111. The van der Waals surface area contributed by atoms with Crippen LogP contribution in [0.2, 0.25) is 0 Å². The van der Waals surface area contributed by atoms with Crippen LogP contribution in [0.1, 0.15) is 68.3 Å². The van der Waals surface area contributed by atoms with Gasteiger partial charge in [-0.3, -0.25) is 9.59 Å². The minimum absolute atomic E-state index is 0.0185. The highest BCUT2D eigenvalue weighted by Crippen LogP contribution is 2.23. The van der Waals surface area contributed by atoms with Gasteiger partial charge in [-0.1, -0.05) is 38.0 Å². The number of hydrogen-bond donors (Lipinski definition) is 2. The number of unbranched alkanes of at least 4 members (excludes halogenated alkanes) is 1. The summed E-state index contributed by atoms with van der Waals surface area (Å²) in [4.78, 5) is 22.9. The maximum atomic E-state index is 12.0. The summed E-state index contributed by atoms with van der Waals surface area (Å²) in [5.74, 6) is -0.0185. The maximum absolute atomic E-state index is 12.0. The van der Waals surface area contributed by atoms with Gasteiger partial charge in [0.25, 0.3) is 5.91 Å². The number of carbonyl (C=O) groups is 2. The van der Waals surface area contributed by atoms with Crippen molar-refractivity contribution < 1.29 is 9.59 Å². The molecule has 0 saturated heterocycles. The second kappa shape index (κ2) is 10.0. The molecule has 2 amide bonds. The number of rotatable bonds is 11. The van der Waals surface area contributed by atoms with Gasteiger partial charge in [0, 0.05) is 17.6 Å². The Labute approximate surface area is 140 Å². The highest BCUT2D eigenvalue weighted by molar-refractivity contribution is 5.94. The lowest BCUT2D eigenvalue weighted by atomic mass is 9.85. The number of amides is 2. The first-order valence-electron chi connectivity index (χ1n) is 8.63. The summed E-state index contributed by atoms with van der Waals surface area (Å²) >= 11 is 0. The van der Waals surface area contributed by atoms with E-state index in [1.54, 1.807) is 0 Å². The second-order valence-corrected chi connectivity index (χ2v) is 6.23. The van der Waals surface area contributed by atoms with Gasteiger partial charge in [0.2, 0.25) is 6.41 Å². The quantitative estimate of drug-likeness (QED) is 0.484. The van der Waals surface area contributed by atoms with Gasteiger partial charge in [0.05, 0.1) is 0 Å². The summed E-state index contributed by atoms with van der Waals surface area (Å²) in [6, 6.07) is 7.61. The normalized spacial score (nSPS) is 13.2. The molecule has 0 heterocycles. The molecule has 2 N–H and O–H groups in total. The van der Waals surface area contributed by atoms with Crippen molar-refractivity contribution in [1.82, 2.24) is 10.6 Å². The fraction of sp³-hybridized carbons (Fsp3) is 0.579. The van der Waals surface area contributed by atoms with Crippen LogP contribution in [-0.4, -0.2) is 24.4 Å². The second-order valence-electron chi connectivity index (χ2n) is 6.23. The molecule has 0 spiro atoms. The van der Waals surface area contributed by atoms with Crippen LogP contribution < -0.4 is 10.6 Å². The van der Waals surface area contributed by atoms with Gasteiger partial charge < -0.3 is 10.6 Å². The summed E-state index contributed by atoms with van der Waals surface area (Å²) in [5, 5.41) is 5.98. The average Bonchev–Trinajstić information content (AvgIpc) is 2.54. The largest absolute Gasteiger partial charge is 0.353 e. The third-order valence-electron chi connectivity index (χ3n) is 4.42. The summed E-state index contributed by atoms with van der Waals surface area (Å²) in [7, 11) is 0. The van der Waals surface area contributed by atoms with Gasteiger partial charge in [-0.25, -0.2) is 0 Å². The minimum Gasteiger partial charge on any atom is -0.353 e. The highest BCUT2D eigenvalue weighted by Gasteiger charge is 2.25. The maximum Gasteiger partial charge on any atom is 0.251 e.